The van der Waals surface area contributed by atoms with Crippen molar-refractivity contribution in [1.82, 2.24) is 4.90 Å². The molecule has 2 aliphatic rings. The number of hydrogen-bond acceptors (Lipinski definition) is 2. The van der Waals surface area contributed by atoms with Crippen LogP contribution in [0.5, 0.6) is 0 Å². The largest absolute Gasteiger partial charge is 0.444 e. The van der Waals surface area contributed by atoms with Crippen molar-refractivity contribution in [2.75, 3.05) is 6.54 Å². The van der Waals surface area contributed by atoms with Gasteiger partial charge in [-0.3, -0.25) is 0 Å². The third-order valence-corrected chi connectivity index (χ3v) is 4.34. The summed E-state index contributed by atoms with van der Waals surface area (Å²) in [5.74, 6) is 0.592. The van der Waals surface area contributed by atoms with Crippen molar-refractivity contribution < 1.29 is 9.53 Å². The topological polar surface area (TPSA) is 29.5 Å². The number of carbonyl (C=O) groups excluding carboxylic acids is 1. The molecule has 3 nitrogen and oxygen atoms in total. The van der Waals surface area contributed by atoms with Crippen LogP contribution >= 0.6 is 0 Å². The second-order valence-electron chi connectivity index (χ2n) is 6.63. The molecule has 3 heteroatoms. The van der Waals surface area contributed by atoms with Crippen LogP contribution in [0.15, 0.2) is 12.7 Å². The van der Waals surface area contributed by atoms with E-state index in [-0.39, 0.29) is 6.09 Å². The molecule has 1 spiro atoms. The molecule has 1 amide bonds. The molecule has 18 heavy (non-hydrogen) atoms. The van der Waals surface area contributed by atoms with E-state index in [0.29, 0.717) is 17.4 Å². The highest BCUT2D eigenvalue weighted by Crippen LogP contribution is 2.63. The van der Waals surface area contributed by atoms with E-state index in [4.69, 9.17) is 4.74 Å². The van der Waals surface area contributed by atoms with Crippen molar-refractivity contribution in [1.29, 1.82) is 0 Å². The Morgan fingerprint density at radius 2 is 2.22 bits per heavy atom. The predicted octanol–water partition coefficient (Wildman–Crippen LogP) is 3.60. The summed E-state index contributed by atoms with van der Waals surface area (Å²) in [4.78, 5) is 14.2. The zero-order valence-corrected chi connectivity index (χ0v) is 12.0. The van der Waals surface area contributed by atoms with Gasteiger partial charge in [-0.1, -0.05) is 13.0 Å². The van der Waals surface area contributed by atoms with E-state index in [0.717, 1.165) is 19.4 Å². The Kier molecular flexibility index (Phi) is 3.20. The Balaban J connectivity index is 2.07. The minimum Gasteiger partial charge on any atom is -0.444 e. The summed E-state index contributed by atoms with van der Waals surface area (Å²) < 4.78 is 5.50. The van der Waals surface area contributed by atoms with Crippen LogP contribution in [-0.4, -0.2) is 29.2 Å². The molecule has 0 bridgehead atoms. The van der Waals surface area contributed by atoms with E-state index < -0.39 is 5.60 Å². The van der Waals surface area contributed by atoms with Gasteiger partial charge < -0.3 is 9.64 Å². The zero-order chi connectivity index (χ0) is 13.6. The Labute approximate surface area is 110 Å². The van der Waals surface area contributed by atoms with Gasteiger partial charge in [0.25, 0.3) is 0 Å². The van der Waals surface area contributed by atoms with Crippen LogP contribution in [0.1, 0.15) is 47.0 Å². The lowest BCUT2D eigenvalue weighted by Gasteiger charge is -2.30. The first-order valence-corrected chi connectivity index (χ1v) is 6.96. The quantitative estimate of drug-likeness (QED) is 0.702. The molecule has 0 aromatic carbocycles. The molecule has 0 radical (unpaired) electrons. The first-order valence-electron chi connectivity index (χ1n) is 6.96. The fourth-order valence-corrected chi connectivity index (χ4v) is 3.47. The summed E-state index contributed by atoms with van der Waals surface area (Å²) in [5.41, 5.74) is -0.0973. The van der Waals surface area contributed by atoms with Gasteiger partial charge in [-0.25, -0.2) is 4.79 Å². The van der Waals surface area contributed by atoms with Crippen molar-refractivity contribution in [3.05, 3.63) is 12.7 Å². The smallest absolute Gasteiger partial charge is 0.410 e. The number of rotatable bonds is 2. The molecule has 0 N–H and O–H groups in total. The third-order valence-electron chi connectivity index (χ3n) is 4.34. The molecule has 1 saturated heterocycles. The molecule has 1 saturated carbocycles. The van der Waals surface area contributed by atoms with Crippen molar-refractivity contribution >= 4 is 6.09 Å². The summed E-state index contributed by atoms with van der Waals surface area (Å²) in [6.07, 6.45) is 5.20. The molecule has 3 atom stereocenters. The Bertz CT molecular complexity index is 358. The van der Waals surface area contributed by atoms with Crippen LogP contribution in [0.2, 0.25) is 0 Å². The highest BCUT2D eigenvalue weighted by Gasteiger charge is 2.62. The summed E-state index contributed by atoms with van der Waals surface area (Å²) in [6.45, 7) is 12.7. The van der Waals surface area contributed by atoms with E-state index in [1.54, 1.807) is 0 Å². The van der Waals surface area contributed by atoms with Gasteiger partial charge in [-0.15, -0.1) is 6.58 Å². The summed E-state index contributed by atoms with van der Waals surface area (Å²) in [7, 11) is 0. The lowest BCUT2D eigenvalue weighted by Crippen LogP contribution is -2.41. The Hall–Kier alpha value is -0.990. The average molecular weight is 251 g/mol. The van der Waals surface area contributed by atoms with E-state index in [1.165, 1.54) is 6.42 Å². The molecule has 2 fully saturated rings. The molecule has 2 rings (SSSR count). The highest BCUT2D eigenvalue weighted by molar-refractivity contribution is 5.69. The monoisotopic (exact) mass is 251 g/mol. The van der Waals surface area contributed by atoms with E-state index >= 15 is 0 Å². The molecule has 0 aromatic heterocycles. The standard InChI is InChI=1S/C15H25NO2/c1-6-11-10-15(11)8-9-16(12(15)7-2)13(17)18-14(3,4)5/h6,11-12H,1,7-10H2,2-5H3. The Morgan fingerprint density at radius 1 is 1.56 bits per heavy atom. The third kappa shape index (κ3) is 2.15. The van der Waals surface area contributed by atoms with Crippen LogP contribution in [-0.2, 0) is 4.74 Å². The summed E-state index contributed by atoms with van der Waals surface area (Å²) in [6, 6.07) is 0.329. The van der Waals surface area contributed by atoms with Crippen LogP contribution in [0, 0.1) is 11.3 Å². The van der Waals surface area contributed by atoms with Crippen molar-refractivity contribution in [3.63, 3.8) is 0 Å². The zero-order valence-electron chi connectivity index (χ0n) is 12.0. The van der Waals surface area contributed by atoms with Gasteiger partial charge in [-0.2, -0.15) is 0 Å². The molecule has 1 heterocycles. The maximum absolute atomic E-state index is 12.2. The number of allylic oxidation sites excluding steroid dienone is 1. The first-order chi connectivity index (χ1) is 8.34. The second kappa shape index (κ2) is 4.29. The minimum atomic E-state index is -0.410. The van der Waals surface area contributed by atoms with Gasteiger partial charge >= 0.3 is 6.09 Å². The molecule has 1 aliphatic carbocycles. The van der Waals surface area contributed by atoms with Crippen LogP contribution in [0.3, 0.4) is 0 Å². The van der Waals surface area contributed by atoms with Gasteiger partial charge in [0.05, 0.1) is 0 Å². The molecule has 1 aliphatic heterocycles. The van der Waals surface area contributed by atoms with E-state index in [9.17, 15) is 4.79 Å². The summed E-state index contributed by atoms with van der Waals surface area (Å²) >= 11 is 0. The van der Waals surface area contributed by atoms with Gasteiger partial charge in [0.15, 0.2) is 0 Å². The Morgan fingerprint density at radius 3 is 2.67 bits per heavy atom. The van der Waals surface area contributed by atoms with Crippen molar-refractivity contribution in [3.8, 4) is 0 Å². The molecule has 102 valence electrons. The summed E-state index contributed by atoms with van der Waals surface area (Å²) in [5, 5.41) is 0. The molecule has 3 unspecified atom stereocenters. The SMILES string of the molecule is C=CC1CC12CCN(C(=O)OC(C)(C)C)C2CC. The van der Waals surface area contributed by atoms with Crippen LogP contribution < -0.4 is 0 Å². The molecular weight excluding hydrogens is 226 g/mol. The van der Waals surface area contributed by atoms with Gasteiger partial charge in [0.1, 0.15) is 5.60 Å². The van der Waals surface area contributed by atoms with Gasteiger partial charge in [0.2, 0.25) is 0 Å². The van der Waals surface area contributed by atoms with Crippen LogP contribution in [0.25, 0.3) is 0 Å². The van der Waals surface area contributed by atoms with Gasteiger partial charge in [0, 0.05) is 12.6 Å². The maximum Gasteiger partial charge on any atom is 0.410 e. The minimum absolute atomic E-state index is 0.152. The van der Waals surface area contributed by atoms with Crippen molar-refractivity contribution in [2.45, 2.75) is 58.6 Å². The molecule has 0 aromatic rings. The lowest BCUT2D eigenvalue weighted by molar-refractivity contribution is 0.0194. The normalized spacial score (nSPS) is 34.8. The maximum atomic E-state index is 12.2. The van der Waals surface area contributed by atoms with E-state index in [1.807, 2.05) is 25.7 Å². The molecular formula is C15H25NO2. The van der Waals surface area contributed by atoms with Crippen LogP contribution in [0.4, 0.5) is 4.79 Å². The first kappa shape index (κ1) is 13.4. The number of hydrogen-bond donors (Lipinski definition) is 0. The van der Waals surface area contributed by atoms with Gasteiger partial charge in [-0.05, 0) is 51.4 Å². The van der Waals surface area contributed by atoms with E-state index in [2.05, 4.69) is 19.6 Å². The highest BCUT2D eigenvalue weighted by atomic mass is 16.6. The lowest BCUT2D eigenvalue weighted by atomic mass is 9.92. The average Bonchev–Trinajstić information content (AvgIpc) is 2.81. The number of carbonyl (C=O) groups is 1. The number of ether oxygens (including phenoxy) is 1. The van der Waals surface area contributed by atoms with Crippen molar-refractivity contribution in [2.24, 2.45) is 11.3 Å². The fraction of sp³-hybridized carbons (Fsp3) is 0.800. The number of amides is 1. The second-order valence-corrected chi connectivity index (χ2v) is 6.63. The number of likely N-dealkylation sites (tertiary alicyclic amines) is 1. The predicted molar refractivity (Wildman–Crippen MR) is 72.4 cm³/mol. The fourth-order valence-electron chi connectivity index (χ4n) is 3.47. The number of nitrogens with zero attached hydrogens (tertiary/aromatic N) is 1.